The number of hydrogen-bond donors (Lipinski definition) is 7. The average Bonchev–Trinajstić information content (AvgIpc) is 3.50. The van der Waals surface area contributed by atoms with Crippen molar-refractivity contribution in [3.63, 3.8) is 0 Å². The molecule has 2 aromatic heterocycles. The van der Waals surface area contributed by atoms with E-state index in [9.17, 15) is 24.2 Å². The minimum absolute atomic E-state index is 0.121. The lowest BCUT2D eigenvalue weighted by molar-refractivity contribution is -0.0331. The molecule has 1 aliphatic heterocycles. The van der Waals surface area contributed by atoms with Crippen LogP contribution >= 0.6 is 26.7 Å². The maximum absolute atomic E-state index is 12.2. The smallest absolute Gasteiger partial charge is 0.336 e. The molecule has 0 amide bonds. The van der Waals surface area contributed by atoms with Crippen molar-refractivity contribution in [2.75, 3.05) is 17.8 Å². The molecule has 0 aliphatic carbocycles. The van der Waals surface area contributed by atoms with Gasteiger partial charge in [0, 0.05) is 17.6 Å². The minimum Gasteiger partial charge on any atom is -0.387 e. The lowest BCUT2D eigenvalue weighted by atomic mass is 9.93. The Morgan fingerprint density at radius 3 is 2.32 bits per heavy atom. The molecule has 44 heavy (non-hydrogen) atoms. The molecule has 4 aromatic carbocycles. The van der Waals surface area contributed by atoms with E-state index in [1.807, 2.05) is 24.3 Å². The molecule has 228 valence electrons. The van der Waals surface area contributed by atoms with Crippen molar-refractivity contribution in [3.05, 3.63) is 66.2 Å². The predicted molar refractivity (Wildman–Crippen MR) is 164 cm³/mol. The number of aliphatic hydroxyl groups excluding tert-OH is 2. The molecule has 1 saturated heterocycles. The van der Waals surface area contributed by atoms with Crippen LogP contribution in [0.15, 0.2) is 60.9 Å². The van der Waals surface area contributed by atoms with Crippen LogP contribution in [-0.2, 0) is 13.9 Å². The number of nitrogens with one attached hydrogen (secondary N) is 2. The van der Waals surface area contributed by atoms with Crippen molar-refractivity contribution in [3.8, 4) is 0 Å². The van der Waals surface area contributed by atoms with E-state index in [1.165, 1.54) is 10.9 Å². The Balaban J connectivity index is 1.21. The van der Waals surface area contributed by atoms with E-state index in [1.54, 1.807) is 0 Å². The van der Waals surface area contributed by atoms with Crippen molar-refractivity contribution in [1.29, 1.82) is 0 Å². The predicted octanol–water partition coefficient (Wildman–Crippen LogP) is 3.65. The van der Waals surface area contributed by atoms with Crippen LogP contribution in [0.5, 0.6) is 0 Å². The number of aliphatic hydroxyl groups is 2. The van der Waals surface area contributed by atoms with E-state index >= 15 is 0 Å². The van der Waals surface area contributed by atoms with Crippen LogP contribution in [0.3, 0.4) is 0 Å². The van der Waals surface area contributed by atoms with Gasteiger partial charge < -0.3 is 34.9 Å². The molecule has 6 aromatic rings. The second kappa shape index (κ2) is 10.7. The molecule has 0 saturated carbocycles. The number of ether oxygens (including phenoxy) is 1. The van der Waals surface area contributed by atoms with Crippen LogP contribution in [-0.4, -0.2) is 75.2 Å². The summed E-state index contributed by atoms with van der Waals surface area (Å²) >= 11 is 6.33. The second-order valence-electron chi connectivity index (χ2n) is 10.7. The third kappa shape index (κ3) is 5.23. The highest BCUT2D eigenvalue weighted by molar-refractivity contribution is 7.71. The number of nitrogens with zero attached hydrogens (tertiary/aromatic N) is 4. The fourth-order valence-electron chi connectivity index (χ4n) is 5.80. The normalized spacial score (nSPS) is 22.4. The summed E-state index contributed by atoms with van der Waals surface area (Å²) in [5.41, 5.74) is 1.24. The van der Waals surface area contributed by atoms with Gasteiger partial charge in [0.2, 0.25) is 5.28 Å². The Morgan fingerprint density at radius 1 is 0.909 bits per heavy atom. The number of anilines is 2. The molecule has 0 bridgehead atoms. The van der Waals surface area contributed by atoms with Gasteiger partial charge in [-0.15, -0.1) is 0 Å². The molecule has 0 radical (unpaired) electrons. The zero-order valence-corrected chi connectivity index (χ0v) is 25.1. The van der Waals surface area contributed by atoms with E-state index < -0.39 is 52.1 Å². The summed E-state index contributed by atoms with van der Waals surface area (Å²) < 4.78 is 30.5. The van der Waals surface area contributed by atoms with Crippen LogP contribution in [0.4, 0.5) is 11.5 Å². The molecule has 1 aliphatic rings. The summed E-state index contributed by atoms with van der Waals surface area (Å²) in [6.07, 6.45) is -4.13. The molecule has 0 spiro atoms. The van der Waals surface area contributed by atoms with Crippen LogP contribution < -0.4 is 10.4 Å². The average molecular weight is 659 g/mol. The largest absolute Gasteiger partial charge is 0.387 e. The fraction of sp³-hybridized carbons (Fsp3) is 0.222. The first kappa shape index (κ1) is 29.5. The monoisotopic (exact) mass is 658 g/mol. The second-order valence-corrected chi connectivity index (χ2v) is 15.2. The first-order valence-corrected chi connectivity index (χ1v) is 17.4. The van der Waals surface area contributed by atoms with Gasteiger partial charge >= 0.3 is 7.60 Å². The maximum Gasteiger partial charge on any atom is 0.336 e. The number of fused-ring (bicyclic) bond motifs is 1. The molecule has 3 heterocycles. The van der Waals surface area contributed by atoms with Crippen molar-refractivity contribution < 1.29 is 38.8 Å². The Kier molecular flexibility index (Phi) is 7.15. The first-order chi connectivity index (χ1) is 20.9. The molecule has 14 nitrogen and oxygen atoms in total. The summed E-state index contributed by atoms with van der Waals surface area (Å²) in [4.78, 5) is 41.0. The van der Waals surface area contributed by atoms with Gasteiger partial charge in [-0.05, 0) is 44.6 Å². The van der Waals surface area contributed by atoms with E-state index in [0.29, 0.717) is 11.3 Å². The molecular weight excluding hydrogens is 634 g/mol. The summed E-state index contributed by atoms with van der Waals surface area (Å²) in [7, 11) is -9.26. The SMILES string of the molecule is O=P(O)(O)CP(=O)(O)NCC1OC(n2cnc3c(Nc4ccc5ccc6cccc7ccc4c5c67)nc(Cl)nc32)C(O)C1O. The van der Waals surface area contributed by atoms with E-state index in [2.05, 4.69) is 55.7 Å². The summed E-state index contributed by atoms with van der Waals surface area (Å²) in [6.45, 7) is -0.480. The highest BCUT2D eigenvalue weighted by Crippen LogP contribution is 2.52. The number of benzene rings is 4. The van der Waals surface area contributed by atoms with Crippen molar-refractivity contribution in [1.82, 2.24) is 24.6 Å². The molecule has 1 fully saturated rings. The Labute approximate surface area is 253 Å². The quantitative estimate of drug-likeness (QED) is 0.0708. The number of aromatic nitrogens is 4. The van der Waals surface area contributed by atoms with Crippen LogP contribution in [0.25, 0.3) is 43.5 Å². The summed E-state index contributed by atoms with van der Waals surface area (Å²) in [5.74, 6) is -1.00. The Morgan fingerprint density at radius 2 is 1.59 bits per heavy atom. The molecular formula is C27H25ClN6O8P2. The standard InChI is InChI=1S/C27H25ClN6O8P2/c28-27-32-24(31-17-9-7-15-5-4-13-2-1-3-14-6-8-16(17)20(15)19(13)14)21-25(33-27)34(11-29-21)26-23(36)22(35)18(42-26)10-30-43(37,38)12-44(39,40)41/h1-9,11,18,22-23,26,35-36H,10,12H2,(H2,30,37,38)(H,31,32,33)(H2,39,40,41). The molecule has 7 rings (SSSR count). The zero-order valence-electron chi connectivity index (χ0n) is 22.5. The van der Waals surface area contributed by atoms with Gasteiger partial charge in [-0.1, -0.05) is 48.5 Å². The molecule has 5 atom stereocenters. The summed E-state index contributed by atoms with van der Waals surface area (Å²) in [6, 6.07) is 18.4. The third-order valence-electron chi connectivity index (χ3n) is 7.70. The van der Waals surface area contributed by atoms with Crippen molar-refractivity contribution in [2.45, 2.75) is 24.5 Å². The first-order valence-electron chi connectivity index (χ1n) is 13.4. The van der Waals surface area contributed by atoms with Crippen molar-refractivity contribution >= 4 is 81.7 Å². The minimum atomic E-state index is -4.79. The fourth-order valence-corrected chi connectivity index (χ4v) is 8.82. The van der Waals surface area contributed by atoms with Crippen LogP contribution in [0.1, 0.15) is 6.23 Å². The topological polar surface area (TPSA) is 212 Å². The highest BCUT2D eigenvalue weighted by Gasteiger charge is 2.45. The van der Waals surface area contributed by atoms with Crippen LogP contribution in [0, 0.1) is 0 Å². The van der Waals surface area contributed by atoms with E-state index in [4.69, 9.17) is 26.1 Å². The van der Waals surface area contributed by atoms with Gasteiger partial charge in [0.05, 0.1) is 6.33 Å². The maximum atomic E-state index is 12.2. The van der Waals surface area contributed by atoms with Crippen molar-refractivity contribution in [2.24, 2.45) is 0 Å². The Hall–Kier alpha value is -3.26. The van der Waals surface area contributed by atoms with Gasteiger partial charge in [-0.3, -0.25) is 13.7 Å². The van der Waals surface area contributed by atoms with Crippen LogP contribution in [0.2, 0.25) is 5.28 Å². The Bertz CT molecular complexity index is 2140. The van der Waals surface area contributed by atoms with Gasteiger partial charge in [0.25, 0.3) is 7.52 Å². The number of rotatable bonds is 8. The summed E-state index contributed by atoms with van der Waals surface area (Å²) in [5, 5.41) is 33.3. The third-order valence-corrected chi connectivity index (χ3v) is 11.6. The molecule has 5 unspecified atom stereocenters. The zero-order chi connectivity index (χ0) is 31.0. The van der Waals surface area contributed by atoms with Gasteiger partial charge in [0.15, 0.2) is 23.2 Å². The van der Waals surface area contributed by atoms with Gasteiger partial charge in [0.1, 0.15) is 24.2 Å². The lowest BCUT2D eigenvalue weighted by Gasteiger charge is -2.19. The van der Waals surface area contributed by atoms with Gasteiger partial charge in [-0.25, -0.2) is 10.1 Å². The number of hydrogen-bond acceptors (Lipinski definition) is 9. The van der Waals surface area contributed by atoms with E-state index in [-0.39, 0.29) is 10.9 Å². The molecule has 7 N–H and O–H groups in total. The number of halogens is 1. The lowest BCUT2D eigenvalue weighted by Crippen LogP contribution is -2.37. The van der Waals surface area contributed by atoms with Gasteiger partial charge in [-0.2, -0.15) is 9.97 Å². The number of imidazole rings is 1. The molecule has 17 heteroatoms. The highest BCUT2D eigenvalue weighted by atomic mass is 35.5. The van der Waals surface area contributed by atoms with E-state index in [0.717, 1.165) is 38.0 Å².